The van der Waals surface area contributed by atoms with Gasteiger partial charge in [0.05, 0.1) is 17.7 Å². The van der Waals surface area contributed by atoms with E-state index in [-0.39, 0.29) is 11.6 Å². The lowest BCUT2D eigenvalue weighted by Gasteiger charge is -2.28. The van der Waals surface area contributed by atoms with E-state index in [4.69, 9.17) is 0 Å². The molecule has 2 atom stereocenters. The number of nitrogens with one attached hydrogen (secondary N) is 1. The maximum Gasteiger partial charge on any atom is 0.256 e. The standard InChI is InChI=1S/C12H15FN2O2/c13-11-8(4-3-7-14-11)12(17)15-9-5-1-2-6-10(9)16/h3-4,7,9-10,16H,1-2,5-6H2,(H,15,17)/t9-,10-/m0/s1. The molecule has 1 saturated carbocycles. The van der Waals surface area contributed by atoms with Crippen molar-refractivity contribution in [3.05, 3.63) is 29.8 Å². The Labute approximate surface area is 98.9 Å². The molecule has 1 amide bonds. The van der Waals surface area contributed by atoms with Gasteiger partial charge in [-0.2, -0.15) is 4.39 Å². The normalized spacial score (nSPS) is 24.4. The molecule has 0 radical (unpaired) electrons. The molecule has 0 bridgehead atoms. The minimum Gasteiger partial charge on any atom is -0.391 e. The minimum atomic E-state index is -0.782. The Morgan fingerprint density at radius 1 is 1.47 bits per heavy atom. The fourth-order valence-electron chi connectivity index (χ4n) is 2.08. The van der Waals surface area contributed by atoms with Gasteiger partial charge in [-0.25, -0.2) is 4.98 Å². The molecular formula is C12H15FN2O2. The third-order valence-electron chi connectivity index (χ3n) is 3.05. The van der Waals surface area contributed by atoms with Crippen molar-refractivity contribution in [2.45, 2.75) is 37.8 Å². The van der Waals surface area contributed by atoms with Crippen molar-refractivity contribution < 1.29 is 14.3 Å². The number of amides is 1. The Bertz CT molecular complexity index is 411. The van der Waals surface area contributed by atoms with Gasteiger partial charge in [0.25, 0.3) is 5.91 Å². The number of carbonyl (C=O) groups is 1. The Hall–Kier alpha value is -1.49. The van der Waals surface area contributed by atoms with E-state index < -0.39 is 18.0 Å². The summed E-state index contributed by atoms with van der Waals surface area (Å²) in [6.07, 6.45) is 4.11. The summed E-state index contributed by atoms with van der Waals surface area (Å²) in [5.41, 5.74) is -0.0785. The Morgan fingerprint density at radius 2 is 2.24 bits per heavy atom. The molecule has 0 unspecified atom stereocenters. The van der Waals surface area contributed by atoms with Crippen LogP contribution in [-0.4, -0.2) is 28.1 Å². The van der Waals surface area contributed by atoms with E-state index >= 15 is 0 Å². The Kier molecular flexibility index (Phi) is 3.68. The molecule has 1 heterocycles. The number of aliphatic hydroxyl groups is 1. The lowest BCUT2D eigenvalue weighted by molar-refractivity contribution is 0.0713. The summed E-state index contributed by atoms with van der Waals surface area (Å²) < 4.78 is 13.3. The van der Waals surface area contributed by atoms with Crippen LogP contribution >= 0.6 is 0 Å². The van der Waals surface area contributed by atoms with Gasteiger partial charge in [0, 0.05) is 6.20 Å². The van der Waals surface area contributed by atoms with Crippen molar-refractivity contribution in [3.63, 3.8) is 0 Å². The molecule has 1 aromatic rings. The second-order valence-electron chi connectivity index (χ2n) is 4.27. The number of aliphatic hydroxyl groups excluding tert-OH is 1. The van der Waals surface area contributed by atoms with Crippen LogP contribution in [0.2, 0.25) is 0 Å². The zero-order chi connectivity index (χ0) is 12.3. The lowest BCUT2D eigenvalue weighted by atomic mass is 9.92. The summed E-state index contributed by atoms with van der Waals surface area (Å²) in [6, 6.07) is 2.61. The largest absolute Gasteiger partial charge is 0.391 e. The summed E-state index contributed by atoms with van der Waals surface area (Å²) in [4.78, 5) is 15.2. The van der Waals surface area contributed by atoms with Gasteiger partial charge in [-0.05, 0) is 25.0 Å². The first kappa shape index (κ1) is 12.0. The maximum absolute atomic E-state index is 13.3. The molecular weight excluding hydrogens is 223 g/mol. The summed E-state index contributed by atoms with van der Waals surface area (Å²) >= 11 is 0. The number of hydrogen-bond acceptors (Lipinski definition) is 3. The van der Waals surface area contributed by atoms with Gasteiger partial charge in [0.1, 0.15) is 0 Å². The fourth-order valence-corrected chi connectivity index (χ4v) is 2.08. The molecule has 0 spiro atoms. The van der Waals surface area contributed by atoms with E-state index in [2.05, 4.69) is 10.3 Å². The molecule has 1 aliphatic carbocycles. The fraction of sp³-hybridized carbons (Fsp3) is 0.500. The number of rotatable bonds is 2. The zero-order valence-electron chi connectivity index (χ0n) is 9.40. The van der Waals surface area contributed by atoms with Crippen LogP contribution < -0.4 is 5.32 Å². The highest BCUT2D eigenvalue weighted by atomic mass is 19.1. The smallest absolute Gasteiger partial charge is 0.256 e. The minimum absolute atomic E-state index is 0.0785. The highest BCUT2D eigenvalue weighted by Gasteiger charge is 2.25. The van der Waals surface area contributed by atoms with Gasteiger partial charge in [-0.15, -0.1) is 0 Å². The van der Waals surface area contributed by atoms with Crippen molar-refractivity contribution >= 4 is 5.91 Å². The van der Waals surface area contributed by atoms with Crippen LogP contribution in [0.3, 0.4) is 0 Å². The van der Waals surface area contributed by atoms with E-state index in [0.29, 0.717) is 6.42 Å². The average Bonchev–Trinajstić information content (AvgIpc) is 2.32. The summed E-state index contributed by atoms with van der Waals surface area (Å²) in [7, 11) is 0. The van der Waals surface area contributed by atoms with Gasteiger partial charge >= 0.3 is 0 Å². The van der Waals surface area contributed by atoms with E-state index in [9.17, 15) is 14.3 Å². The van der Waals surface area contributed by atoms with Crippen LogP contribution in [0.25, 0.3) is 0 Å². The quantitative estimate of drug-likeness (QED) is 0.762. The van der Waals surface area contributed by atoms with Crippen LogP contribution in [0.5, 0.6) is 0 Å². The second-order valence-corrected chi connectivity index (χ2v) is 4.27. The number of pyridine rings is 1. The molecule has 17 heavy (non-hydrogen) atoms. The van der Waals surface area contributed by atoms with Gasteiger partial charge in [-0.3, -0.25) is 4.79 Å². The molecule has 1 fully saturated rings. The summed E-state index contributed by atoms with van der Waals surface area (Å²) in [5.74, 6) is -1.29. The molecule has 4 nitrogen and oxygen atoms in total. The van der Waals surface area contributed by atoms with Gasteiger partial charge in [-0.1, -0.05) is 12.8 Å². The Balaban J connectivity index is 2.04. The van der Waals surface area contributed by atoms with Crippen molar-refractivity contribution in [3.8, 4) is 0 Å². The predicted octanol–water partition coefficient (Wildman–Crippen LogP) is 1.25. The molecule has 1 aliphatic rings. The number of carbonyl (C=O) groups excluding carboxylic acids is 1. The number of hydrogen-bond donors (Lipinski definition) is 2. The van der Waals surface area contributed by atoms with Crippen molar-refractivity contribution in [2.24, 2.45) is 0 Å². The highest BCUT2D eigenvalue weighted by molar-refractivity contribution is 5.94. The molecule has 5 heteroatoms. The van der Waals surface area contributed by atoms with E-state index in [0.717, 1.165) is 19.3 Å². The number of halogens is 1. The van der Waals surface area contributed by atoms with Crippen LogP contribution in [-0.2, 0) is 0 Å². The molecule has 1 aromatic heterocycles. The van der Waals surface area contributed by atoms with Crippen LogP contribution in [0.15, 0.2) is 18.3 Å². The van der Waals surface area contributed by atoms with Gasteiger partial charge < -0.3 is 10.4 Å². The van der Waals surface area contributed by atoms with E-state index in [1.807, 2.05) is 0 Å². The SMILES string of the molecule is O=C(N[C@H]1CCCC[C@@H]1O)c1cccnc1F. The third kappa shape index (κ3) is 2.79. The first-order chi connectivity index (χ1) is 8.18. The van der Waals surface area contributed by atoms with E-state index in [1.165, 1.54) is 18.3 Å². The van der Waals surface area contributed by atoms with E-state index in [1.54, 1.807) is 0 Å². The van der Waals surface area contributed by atoms with Crippen molar-refractivity contribution in [2.75, 3.05) is 0 Å². The van der Waals surface area contributed by atoms with Gasteiger partial charge in [0.2, 0.25) is 5.95 Å². The van der Waals surface area contributed by atoms with Crippen LogP contribution in [0.1, 0.15) is 36.0 Å². The first-order valence-corrected chi connectivity index (χ1v) is 5.78. The molecule has 2 rings (SSSR count). The second kappa shape index (κ2) is 5.23. The van der Waals surface area contributed by atoms with Crippen molar-refractivity contribution in [1.29, 1.82) is 0 Å². The molecule has 0 aliphatic heterocycles. The first-order valence-electron chi connectivity index (χ1n) is 5.78. The molecule has 0 saturated heterocycles. The van der Waals surface area contributed by atoms with Crippen molar-refractivity contribution in [1.82, 2.24) is 10.3 Å². The molecule has 2 N–H and O–H groups in total. The number of nitrogens with zero attached hydrogens (tertiary/aromatic N) is 1. The Morgan fingerprint density at radius 3 is 2.94 bits per heavy atom. The van der Waals surface area contributed by atoms with Gasteiger partial charge in [0.15, 0.2) is 0 Å². The number of aromatic nitrogens is 1. The average molecular weight is 238 g/mol. The summed E-state index contributed by atoms with van der Waals surface area (Å²) in [6.45, 7) is 0. The summed E-state index contributed by atoms with van der Waals surface area (Å²) in [5, 5.41) is 12.4. The molecule has 92 valence electrons. The van der Waals surface area contributed by atoms with Crippen LogP contribution in [0.4, 0.5) is 4.39 Å². The van der Waals surface area contributed by atoms with Crippen LogP contribution in [0, 0.1) is 5.95 Å². The lowest BCUT2D eigenvalue weighted by Crippen LogP contribution is -2.45. The maximum atomic E-state index is 13.3. The molecule has 0 aromatic carbocycles. The monoisotopic (exact) mass is 238 g/mol. The highest BCUT2D eigenvalue weighted by Crippen LogP contribution is 2.18. The zero-order valence-corrected chi connectivity index (χ0v) is 9.40. The third-order valence-corrected chi connectivity index (χ3v) is 3.05. The topological polar surface area (TPSA) is 62.2 Å². The predicted molar refractivity (Wildman–Crippen MR) is 59.9 cm³/mol.